The number of carbonyl (C=O) groups is 1. The molecule has 0 fully saturated rings. The zero-order chi connectivity index (χ0) is 15.4. The fourth-order valence-corrected chi connectivity index (χ4v) is 2.70. The van der Waals surface area contributed by atoms with Gasteiger partial charge in [0.15, 0.2) is 0 Å². The number of thiazole rings is 1. The number of nitrogens with zero attached hydrogens (tertiary/aromatic N) is 2. The summed E-state index contributed by atoms with van der Waals surface area (Å²) in [4.78, 5) is 17.0. The third kappa shape index (κ3) is 3.79. The highest BCUT2D eigenvalue weighted by Gasteiger charge is 2.13. The molecule has 0 saturated carbocycles. The summed E-state index contributed by atoms with van der Waals surface area (Å²) >= 11 is 1.37. The number of amidine groups is 1. The van der Waals surface area contributed by atoms with Crippen LogP contribution in [0, 0.1) is 13.8 Å². The third-order valence-electron chi connectivity index (χ3n) is 2.84. The second-order valence-electron chi connectivity index (χ2n) is 4.57. The van der Waals surface area contributed by atoms with Gasteiger partial charge in [-0.2, -0.15) is 0 Å². The molecule has 0 aliphatic carbocycles. The molecule has 0 bridgehead atoms. The van der Waals surface area contributed by atoms with Crippen LogP contribution in [0.25, 0.3) is 0 Å². The number of hydrogen-bond acceptors (Lipinski definition) is 5. The van der Waals surface area contributed by atoms with E-state index in [4.69, 9.17) is 10.9 Å². The topological polar surface area (TPSA) is 101 Å². The van der Waals surface area contributed by atoms with Gasteiger partial charge < -0.3 is 16.3 Å². The lowest BCUT2D eigenvalue weighted by Crippen LogP contribution is -2.15. The zero-order valence-corrected chi connectivity index (χ0v) is 12.6. The van der Waals surface area contributed by atoms with Crippen LogP contribution in [0.4, 0.5) is 5.69 Å². The average molecular weight is 304 g/mol. The Morgan fingerprint density at radius 1 is 1.38 bits per heavy atom. The Morgan fingerprint density at radius 3 is 2.57 bits per heavy atom. The fraction of sp³-hybridized carbons (Fsp3) is 0.214. The van der Waals surface area contributed by atoms with Crippen molar-refractivity contribution < 1.29 is 10.0 Å². The summed E-state index contributed by atoms with van der Waals surface area (Å²) in [7, 11) is 0. The van der Waals surface area contributed by atoms with Crippen molar-refractivity contribution in [3.8, 4) is 0 Å². The number of anilines is 1. The number of nitrogens with two attached hydrogens (primary N) is 1. The van der Waals surface area contributed by atoms with Crippen LogP contribution in [-0.4, -0.2) is 21.9 Å². The summed E-state index contributed by atoms with van der Waals surface area (Å²) in [5.74, 6) is -0.0233. The van der Waals surface area contributed by atoms with E-state index in [1.54, 1.807) is 12.1 Å². The van der Waals surface area contributed by atoms with E-state index in [0.717, 1.165) is 16.3 Å². The highest BCUT2D eigenvalue weighted by molar-refractivity contribution is 7.13. The van der Waals surface area contributed by atoms with Crippen LogP contribution < -0.4 is 11.1 Å². The minimum Gasteiger partial charge on any atom is -0.409 e. The van der Waals surface area contributed by atoms with Crippen molar-refractivity contribution in [2.45, 2.75) is 20.3 Å². The number of hydrogen-bond donors (Lipinski definition) is 3. The Labute approximate surface area is 126 Å². The molecule has 0 saturated heterocycles. The van der Waals surface area contributed by atoms with Gasteiger partial charge in [-0.1, -0.05) is 17.3 Å². The van der Waals surface area contributed by atoms with Gasteiger partial charge in [0.1, 0.15) is 10.7 Å². The quantitative estimate of drug-likeness (QED) is 0.349. The summed E-state index contributed by atoms with van der Waals surface area (Å²) in [5.41, 5.74) is 7.76. The maximum Gasteiger partial charge on any atom is 0.267 e. The van der Waals surface area contributed by atoms with Crippen molar-refractivity contribution in [3.05, 3.63) is 45.4 Å². The van der Waals surface area contributed by atoms with E-state index in [0.29, 0.717) is 17.0 Å². The van der Waals surface area contributed by atoms with Gasteiger partial charge in [-0.3, -0.25) is 4.79 Å². The molecule has 1 amide bonds. The lowest BCUT2D eigenvalue weighted by Gasteiger charge is -2.05. The number of aromatic nitrogens is 1. The first-order valence-electron chi connectivity index (χ1n) is 6.30. The lowest BCUT2D eigenvalue weighted by atomic mass is 10.1. The minimum absolute atomic E-state index is 0.141. The van der Waals surface area contributed by atoms with Gasteiger partial charge in [-0.25, -0.2) is 4.98 Å². The molecule has 1 aromatic carbocycles. The smallest absolute Gasteiger partial charge is 0.267 e. The molecule has 2 aromatic rings. The van der Waals surface area contributed by atoms with Crippen molar-refractivity contribution in [1.29, 1.82) is 0 Å². The van der Waals surface area contributed by atoms with Gasteiger partial charge in [-0.15, -0.1) is 11.3 Å². The molecule has 4 N–H and O–H groups in total. The van der Waals surface area contributed by atoms with E-state index in [-0.39, 0.29) is 11.7 Å². The summed E-state index contributed by atoms with van der Waals surface area (Å²) in [6.45, 7) is 3.69. The molecule has 0 radical (unpaired) electrons. The van der Waals surface area contributed by atoms with E-state index in [1.165, 1.54) is 11.3 Å². The zero-order valence-electron chi connectivity index (χ0n) is 11.8. The summed E-state index contributed by atoms with van der Waals surface area (Å²) in [5, 5.41) is 15.1. The molecule has 1 aromatic heterocycles. The predicted molar refractivity (Wildman–Crippen MR) is 83.1 cm³/mol. The molecule has 7 heteroatoms. The van der Waals surface area contributed by atoms with Crippen LogP contribution in [0.3, 0.4) is 0 Å². The number of oxime groups is 1. The molecule has 0 unspecified atom stereocenters. The van der Waals surface area contributed by atoms with E-state index >= 15 is 0 Å². The van der Waals surface area contributed by atoms with Crippen LogP contribution in [0.15, 0.2) is 29.4 Å². The fourth-order valence-electron chi connectivity index (χ4n) is 1.88. The average Bonchev–Trinajstić information content (AvgIpc) is 2.80. The summed E-state index contributed by atoms with van der Waals surface area (Å²) in [6, 6.07) is 7.19. The summed E-state index contributed by atoms with van der Waals surface area (Å²) < 4.78 is 0. The Kier molecular flexibility index (Phi) is 4.54. The molecule has 1 heterocycles. The van der Waals surface area contributed by atoms with Crippen LogP contribution in [0.1, 0.15) is 25.9 Å². The van der Waals surface area contributed by atoms with Gasteiger partial charge in [0.05, 0.1) is 10.7 Å². The molecular formula is C14H16N4O2S. The van der Waals surface area contributed by atoms with Gasteiger partial charge in [0.25, 0.3) is 5.91 Å². The number of benzene rings is 1. The minimum atomic E-state index is -0.165. The van der Waals surface area contributed by atoms with Crippen LogP contribution in [0.5, 0.6) is 0 Å². The number of amides is 1. The van der Waals surface area contributed by atoms with Crippen molar-refractivity contribution in [2.75, 3.05) is 5.32 Å². The van der Waals surface area contributed by atoms with E-state index < -0.39 is 0 Å². The van der Waals surface area contributed by atoms with Crippen LogP contribution in [-0.2, 0) is 6.42 Å². The summed E-state index contributed by atoms with van der Waals surface area (Å²) in [6.07, 6.45) is 0.359. The molecule has 0 aliphatic rings. The van der Waals surface area contributed by atoms with E-state index in [1.807, 2.05) is 26.0 Å². The molecule has 21 heavy (non-hydrogen) atoms. The molecule has 110 valence electrons. The van der Waals surface area contributed by atoms with E-state index in [2.05, 4.69) is 15.5 Å². The Balaban J connectivity index is 2.06. The Morgan fingerprint density at radius 2 is 2.05 bits per heavy atom. The number of carbonyl (C=O) groups excluding carboxylic acids is 1. The van der Waals surface area contributed by atoms with Crippen LogP contribution in [0.2, 0.25) is 0 Å². The van der Waals surface area contributed by atoms with Gasteiger partial charge in [-0.05, 0) is 31.5 Å². The van der Waals surface area contributed by atoms with Gasteiger partial charge >= 0.3 is 0 Å². The largest absolute Gasteiger partial charge is 0.409 e. The Hall–Kier alpha value is -2.41. The van der Waals surface area contributed by atoms with Gasteiger partial charge in [0.2, 0.25) is 0 Å². The van der Waals surface area contributed by atoms with Crippen molar-refractivity contribution in [1.82, 2.24) is 4.98 Å². The van der Waals surface area contributed by atoms with Crippen molar-refractivity contribution >= 4 is 28.8 Å². The van der Waals surface area contributed by atoms with Gasteiger partial charge in [0, 0.05) is 12.1 Å². The Bertz CT molecular complexity index is 677. The normalized spacial score (nSPS) is 11.4. The first-order valence-corrected chi connectivity index (χ1v) is 7.12. The van der Waals surface area contributed by atoms with Crippen LogP contribution >= 0.6 is 11.3 Å². The number of nitrogens with one attached hydrogen (secondary N) is 1. The standard InChI is InChI=1S/C14H16N4O2S/c1-8-13(21-9(2)16-8)14(19)17-11-5-3-10(4-6-11)7-12(15)18-20/h3-6,20H,7H2,1-2H3,(H2,15,18)(H,17,19). The first-order chi connectivity index (χ1) is 9.99. The molecule has 0 spiro atoms. The monoisotopic (exact) mass is 304 g/mol. The highest BCUT2D eigenvalue weighted by atomic mass is 32.1. The SMILES string of the molecule is Cc1nc(C)c(C(=O)Nc2ccc(C/C(N)=N/O)cc2)s1. The maximum absolute atomic E-state index is 12.1. The number of rotatable bonds is 4. The second kappa shape index (κ2) is 6.36. The first kappa shape index (κ1) is 15.0. The lowest BCUT2D eigenvalue weighted by molar-refractivity contribution is 0.103. The third-order valence-corrected chi connectivity index (χ3v) is 3.91. The van der Waals surface area contributed by atoms with Crippen molar-refractivity contribution in [2.24, 2.45) is 10.9 Å². The second-order valence-corrected chi connectivity index (χ2v) is 5.77. The maximum atomic E-state index is 12.1. The molecule has 6 nitrogen and oxygen atoms in total. The predicted octanol–water partition coefficient (Wildman–Crippen LogP) is 2.30. The number of aryl methyl sites for hydroxylation is 2. The van der Waals surface area contributed by atoms with Crippen molar-refractivity contribution in [3.63, 3.8) is 0 Å². The molecule has 0 atom stereocenters. The molecule has 0 aliphatic heterocycles. The molecule has 2 rings (SSSR count). The highest BCUT2D eigenvalue weighted by Crippen LogP contribution is 2.19. The van der Waals surface area contributed by atoms with E-state index in [9.17, 15) is 4.79 Å². The molecular weight excluding hydrogens is 288 g/mol.